The second-order valence-corrected chi connectivity index (χ2v) is 5.33. The Morgan fingerprint density at radius 3 is 3.22 bits per heavy atom. The van der Waals surface area contributed by atoms with Gasteiger partial charge in [-0.3, -0.25) is 15.2 Å². The number of amides is 1. The van der Waals surface area contributed by atoms with Crippen molar-refractivity contribution in [2.75, 3.05) is 24.8 Å². The van der Waals surface area contributed by atoms with Crippen LogP contribution in [0.1, 0.15) is 6.42 Å². The maximum absolute atomic E-state index is 11.5. The van der Waals surface area contributed by atoms with Crippen LogP contribution in [0.5, 0.6) is 0 Å². The lowest BCUT2D eigenvalue weighted by atomic mass is 10.3. The molecule has 9 nitrogen and oxygen atoms in total. The zero-order valence-electron chi connectivity index (χ0n) is 12.2. The van der Waals surface area contributed by atoms with Crippen molar-refractivity contribution in [2.24, 2.45) is 0 Å². The number of carbonyl (C=O) groups excluding carboxylic acids is 1. The minimum Gasteiger partial charge on any atom is -0.346 e. The zero-order chi connectivity index (χ0) is 15.8. The fourth-order valence-electron chi connectivity index (χ4n) is 2.84. The summed E-state index contributed by atoms with van der Waals surface area (Å²) in [5, 5.41) is 13.4. The highest BCUT2D eigenvalue weighted by atomic mass is 16.2. The number of nitrogens with one attached hydrogen (secondary N) is 2. The lowest BCUT2D eigenvalue weighted by molar-refractivity contribution is -0.124. The highest BCUT2D eigenvalue weighted by Crippen LogP contribution is 2.22. The minimum atomic E-state index is -0.290. The molecule has 0 aromatic carbocycles. The Kier molecular flexibility index (Phi) is 3.09. The first-order chi connectivity index (χ1) is 11.3. The van der Waals surface area contributed by atoms with E-state index in [0.717, 1.165) is 28.6 Å². The van der Waals surface area contributed by atoms with Gasteiger partial charge in [0.05, 0.1) is 18.8 Å². The third-order valence-electron chi connectivity index (χ3n) is 3.86. The second-order valence-electron chi connectivity index (χ2n) is 5.33. The summed E-state index contributed by atoms with van der Waals surface area (Å²) < 4.78 is 1.99. The average molecular weight is 310 g/mol. The molecule has 1 saturated heterocycles. The van der Waals surface area contributed by atoms with Gasteiger partial charge in [0.1, 0.15) is 36.1 Å². The Hall–Kier alpha value is -3.12. The summed E-state index contributed by atoms with van der Waals surface area (Å²) in [6.45, 7) is 1.95. The molecule has 0 bridgehead atoms. The topological polar surface area (TPSA) is 106 Å². The molecule has 23 heavy (non-hydrogen) atoms. The van der Waals surface area contributed by atoms with Crippen molar-refractivity contribution < 1.29 is 4.79 Å². The molecule has 0 atom stereocenters. The number of pyridine rings is 1. The van der Waals surface area contributed by atoms with Crippen LogP contribution in [0, 0.1) is 11.3 Å². The van der Waals surface area contributed by atoms with Gasteiger partial charge in [-0.15, -0.1) is 0 Å². The highest BCUT2D eigenvalue weighted by Gasteiger charge is 2.23. The number of H-pyrrole nitrogens is 1. The summed E-state index contributed by atoms with van der Waals surface area (Å²) >= 11 is 0. The Bertz CT molecular complexity index is 920. The first-order valence-corrected chi connectivity index (χ1v) is 7.22. The van der Waals surface area contributed by atoms with E-state index in [1.807, 2.05) is 23.0 Å². The van der Waals surface area contributed by atoms with Crippen LogP contribution in [0.15, 0.2) is 24.8 Å². The van der Waals surface area contributed by atoms with E-state index in [-0.39, 0.29) is 12.3 Å². The third-order valence-corrected chi connectivity index (χ3v) is 3.86. The molecule has 1 fully saturated rings. The van der Waals surface area contributed by atoms with Gasteiger partial charge in [-0.05, 0) is 6.07 Å². The molecular weight excluding hydrogens is 296 g/mol. The molecule has 0 spiro atoms. The van der Waals surface area contributed by atoms with Crippen molar-refractivity contribution in [1.82, 2.24) is 30.1 Å². The standard InChI is InChI=1S/C14H14N8O/c15-3-1-12(23)19-20-5-6-21(9-20)22-8-18-11-7-17-14-10(13(11)22)2-4-16-14/h2,4,7-8H,1,5-6,9H2,(H,16,17)(H,19,23). The zero-order valence-corrected chi connectivity index (χ0v) is 12.2. The Balaban J connectivity index is 1.62. The molecule has 116 valence electrons. The number of imidazole rings is 1. The lowest BCUT2D eigenvalue weighted by Crippen LogP contribution is -2.43. The number of hydrogen-bond donors (Lipinski definition) is 2. The summed E-state index contributed by atoms with van der Waals surface area (Å²) in [5.74, 6) is -0.290. The molecule has 1 amide bonds. The Morgan fingerprint density at radius 2 is 2.35 bits per heavy atom. The van der Waals surface area contributed by atoms with Crippen LogP contribution in [0.3, 0.4) is 0 Å². The van der Waals surface area contributed by atoms with Crippen LogP contribution in [-0.4, -0.2) is 50.3 Å². The molecule has 0 radical (unpaired) electrons. The monoisotopic (exact) mass is 310 g/mol. The number of hydrazine groups is 1. The summed E-state index contributed by atoms with van der Waals surface area (Å²) in [6.07, 6.45) is 5.22. The number of aromatic nitrogens is 4. The first kappa shape index (κ1) is 13.5. The van der Waals surface area contributed by atoms with Gasteiger partial charge >= 0.3 is 0 Å². The molecule has 4 heterocycles. The Morgan fingerprint density at radius 1 is 1.43 bits per heavy atom. The maximum atomic E-state index is 11.5. The van der Waals surface area contributed by atoms with Crippen LogP contribution in [-0.2, 0) is 4.79 Å². The first-order valence-electron chi connectivity index (χ1n) is 7.22. The van der Waals surface area contributed by atoms with Crippen molar-refractivity contribution in [1.29, 1.82) is 5.26 Å². The van der Waals surface area contributed by atoms with E-state index < -0.39 is 0 Å². The lowest BCUT2D eigenvalue weighted by Gasteiger charge is -2.21. The van der Waals surface area contributed by atoms with E-state index >= 15 is 0 Å². The fourth-order valence-corrected chi connectivity index (χ4v) is 2.84. The SMILES string of the molecule is N#CCC(=O)NN1CCN(n2cnc3cnc4[nH]ccc4c32)C1. The van der Waals surface area contributed by atoms with E-state index in [9.17, 15) is 4.79 Å². The molecule has 3 aromatic heterocycles. The summed E-state index contributed by atoms with van der Waals surface area (Å²) in [7, 11) is 0. The number of carbonyl (C=O) groups is 1. The predicted molar refractivity (Wildman–Crippen MR) is 82.4 cm³/mol. The van der Waals surface area contributed by atoms with Crippen LogP contribution in [0.2, 0.25) is 0 Å². The largest absolute Gasteiger partial charge is 0.346 e. The van der Waals surface area contributed by atoms with E-state index in [1.165, 1.54) is 0 Å². The van der Waals surface area contributed by atoms with Gasteiger partial charge in [-0.1, -0.05) is 0 Å². The molecule has 9 heteroatoms. The third kappa shape index (κ3) is 2.25. The smallest absolute Gasteiger partial charge is 0.248 e. The predicted octanol–water partition coefficient (Wildman–Crippen LogP) is 0.0686. The molecule has 1 aliphatic heterocycles. The van der Waals surface area contributed by atoms with Crippen molar-refractivity contribution in [3.05, 3.63) is 24.8 Å². The van der Waals surface area contributed by atoms with E-state index in [1.54, 1.807) is 17.5 Å². The van der Waals surface area contributed by atoms with E-state index in [0.29, 0.717) is 13.2 Å². The summed E-state index contributed by atoms with van der Waals surface area (Å²) in [6, 6.07) is 3.82. The normalized spacial score (nSPS) is 15.3. The van der Waals surface area contributed by atoms with E-state index in [4.69, 9.17) is 5.26 Å². The molecule has 0 aliphatic carbocycles. The van der Waals surface area contributed by atoms with E-state index in [2.05, 4.69) is 25.4 Å². The number of rotatable bonds is 3. The van der Waals surface area contributed by atoms with Crippen LogP contribution in [0.4, 0.5) is 0 Å². The molecule has 3 aromatic rings. The minimum absolute atomic E-state index is 0.139. The summed E-state index contributed by atoms with van der Waals surface area (Å²) in [4.78, 5) is 23.4. The summed E-state index contributed by atoms with van der Waals surface area (Å²) in [5.41, 5.74) is 5.36. The highest BCUT2D eigenvalue weighted by molar-refractivity contribution is 6.01. The van der Waals surface area contributed by atoms with Gasteiger partial charge in [0.15, 0.2) is 0 Å². The number of aromatic amines is 1. The molecular formula is C14H14N8O. The van der Waals surface area contributed by atoms with Crippen molar-refractivity contribution in [3.8, 4) is 6.07 Å². The van der Waals surface area contributed by atoms with Crippen molar-refractivity contribution in [2.45, 2.75) is 6.42 Å². The van der Waals surface area contributed by atoms with Crippen LogP contribution >= 0.6 is 0 Å². The van der Waals surface area contributed by atoms with Gasteiger partial charge in [-0.2, -0.15) is 10.3 Å². The molecule has 1 aliphatic rings. The second kappa shape index (κ2) is 5.26. The van der Waals surface area contributed by atoms with Gasteiger partial charge in [0, 0.05) is 18.1 Å². The number of nitrogens with zero attached hydrogens (tertiary/aromatic N) is 6. The molecule has 2 N–H and O–H groups in total. The van der Waals surface area contributed by atoms with Gasteiger partial charge in [0.25, 0.3) is 0 Å². The molecule has 0 unspecified atom stereocenters. The Labute approximate surface area is 131 Å². The van der Waals surface area contributed by atoms with Crippen LogP contribution < -0.4 is 10.4 Å². The van der Waals surface area contributed by atoms with Gasteiger partial charge < -0.3 is 4.98 Å². The van der Waals surface area contributed by atoms with Crippen molar-refractivity contribution >= 4 is 28.0 Å². The average Bonchev–Trinajstić information content (AvgIpc) is 3.24. The quantitative estimate of drug-likeness (QED) is 0.709. The molecule has 4 rings (SSSR count). The molecule has 0 saturated carbocycles. The number of hydrogen-bond acceptors (Lipinski definition) is 6. The number of nitriles is 1. The van der Waals surface area contributed by atoms with Crippen molar-refractivity contribution in [3.63, 3.8) is 0 Å². The number of fused-ring (bicyclic) bond motifs is 3. The maximum Gasteiger partial charge on any atom is 0.248 e. The van der Waals surface area contributed by atoms with Crippen LogP contribution in [0.25, 0.3) is 22.1 Å². The van der Waals surface area contributed by atoms with Gasteiger partial charge in [0.2, 0.25) is 5.91 Å². The van der Waals surface area contributed by atoms with Gasteiger partial charge in [-0.25, -0.2) is 14.6 Å². The fraction of sp³-hybridized carbons (Fsp3) is 0.286.